The second-order valence-corrected chi connectivity index (χ2v) is 5.83. The Morgan fingerprint density at radius 1 is 1.12 bits per heavy atom. The predicted octanol–water partition coefficient (Wildman–Crippen LogP) is 2.64. The molecule has 2 fully saturated rings. The van der Waals surface area contributed by atoms with E-state index in [1.807, 2.05) is 0 Å². The molecule has 0 aromatic carbocycles. The largest absolute Gasteiger partial charge is 0.314 e. The molecule has 3 unspecified atom stereocenters. The number of nitrogens with one attached hydrogen (secondary N) is 1. The minimum Gasteiger partial charge on any atom is -0.314 e. The number of rotatable bonds is 3. The zero-order chi connectivity index (χ0) is 11.4. The van der Waals surface area contributed by atoms with E-state index in [0.717, 1.165) is 18.0 Å². The summed E-state index contributed by atoms with van der Waals surface area (Å²) in [7, 11) is 0. The van der Waals surface area contributed by atoms with Crippen LogP contribution in [0.25, 0.3) is 0 Å². The highest BCUT2D eigenvalue weighted by Crippen LogP contribution is 2.23. The van der Waals surface area contributed by atoms with Gasteiger partial charge < -0.3 is 10.2 Å². The third kappa shape index (κ3) is 3.21. The molecule has 2 aliphatic rings. The maximum atomic E-state index is 3.66. The Labute approximate surface area is 101 Å². The first-order valence-corrected chi connectivity index (χ1v) is 7.25. The molecular weight excluding hydrogens is 196 g/mol. The predicted molar refractivity (Wildman–Crippen MR) is 69.7 cm³/mol. The average molecular weight is 224 g/mol. The number of hydrogen-bond acceptors (Lipinski definition) is 2. The highest BCUT2D eigenvalue weighted by molar-refractivity contribution is 4.80. The van der Waals surface area contributed by atoms with E-state index >= 15 is 0 Å². The molecule has 94 valence electrons. The van der Waals surface area contributed by atoms with Crippen molar-refractivity contribution >= 4 is 0 Å². The second-order valence-electron chi connectivity index (χ2n) is 5.83. The lowest BCUT2D eigenvalue weighted by Crippen LogP contribution is -2.45. The van der Waals surface area contributed by atoms with Gasteiger partial charge in [-0.1, -0.05) is 13.3 Å². The monoisotopic (exact) mass is 224 g/mol. The molecule has 2 heteroatoms. The lowest BCUT2D eigenvalue weighted by atomic mass is 9.91. The van der Waals surface area contributed by atoms with Gasteiger partial charge in [0.2, 0.25) is 0 Å². The van der Waals surface area contributed by atoms with Crippen molar-refractivity contribution in [3.8, 4) is 0 Å². The number of nitrogens with zero attached hydrogens (tertiary/aromatic N) is 1. The maximum absolute atomic E-state index is 3.66. The molecule has 0 aliphatic carbocycles. The van der Waals surface area contributed by atoms with Gasteiger partial charge in [-0.2, -0.15) is 0 Å². The molecule has 2 heterocycles. The van der Waals surface area contributed by atoms with Gasteiger partial charge in [0.1, 0.15) is 0 Å². The van der Waals surface area contributed by atoms with Gasteiger partial charge in [-0.05, 0) is 64.6 Å². The average Bonchev–Trinajstić information content (AvgIpc) is 2.32. The van der Waals surface area contributed by atoms with Gasteiger partial charge in [0.25, 0.3) is 0 Å². The van der Waals surface area contributed by atoms with Crippen LogP contribution in [-0.2, 0) is 0 Å². The fourth-order valence-corrected chi connectivity index (χ4v) is 3.23. The molecule has 16 heavy (non-hydrogen) atoms. The zero-order valence-corrected chi connectivity index (χ0v) is 11.0. The van der Waals surface area contributed by atoms with E-state index in [2.05, 4.69) is 24.1 Å². The van der Waals surface area contributed by atoms with Crippen LogP contribution >= 0.6 is 0 Å². The van der Waals surface area contributed by atoms with Crippen LogP contribution in [0.5, 0.6) is 0 Å². The zero-order valence-electron chi connectivity index (χ0n) is 11.0. The summed E-state index contributed by atoms with van der Waals surface area (Å²) in [5.41, 5.74) is 0. The van der Waals surface area contributed by atoms with E-state index in [1.54, 1.807) is 0 Å². The Morgan fingerprint density at radius 2 is 2.00 bits per heavy atom. The molecule has 0 aromatic heterocycles. The van der Waals surface area contributed by atoms with Gasteiger partial charge in [0.05, 0.1) is 0 Å². The smallest absolute Gasteiger partial charge is 0.00925 e. The van der Waals surface area contributed by atoms with Gasteiger partial charge in [-0.25, -0.2) is 0 Å². The first-order valence-electron chi connectivity index (χ1n) is 7.25. The highest BCUT2D eigenvalue weighted by Gasteiger charge is 2.25. The Bertz CT molecular complexity index is 199. The highest BCUT2D eigenvalue weighted by atomic mass is 15.2. The summed E-state index contributed by atoms with van der Waals surface area (Å²) in [6, 6.07) is 1.61. The second kappa shape index (κ2) is 6.02. The van der Waals surface area contributed by atoms with Gasteiger partial charge in [0, 0.05) is 12.1 Å². The van der Waals surface area contributed by atoms with Crippen LogP contribution < -0.4 is 5.32 Å². The molecule has 0 spiro atoms. The number of hydrogen-bond donors (Lipinski definition) is 1. The molecule has 2 nitrogen and oxygen atoms in total. The standard InChI is InChI=1S/C14H28N2/c1-12-6-5-10-16(13(12)2)11-8-14-7-3-4-9-15-14/h12-15H,3-11H2,1-2H3. The summed E-state index contributed by atoms with van der Waals surface area (Å²) in [4.78, 5) is 2.71. The van der Waals surface area contributed by atoms with Crippen molar-refractivity contribution in [3.63, 3.8) is 0 Å². The van der Waals surface area contributed by atoms with Crippen LogP contribution in [0.3, 0.4) is 0 Å². The van der Waals surface area contributed by atoms with Crippen molar-refractivity contribution in [2.45, 2.75) is 64.5 Å². The molecular formula is C14H28N2. The first-order chi connectivity index (χ1) is 7.77. The van der Waals surface area contributed by atoms with Crippen molar-refractivity contribution in [1.82, 2.24) is 10.2 Å². The van der Waals surface area contributed by atoms with E-state index < -0.39 is 0 Å². The Hall–Kier alpha value is -0.0800. The van der Waals surface area contributed by atoms with Crippen LogP contribution in [0.4, 0.5) is 0 Å². The minimum atomic E-state index is 0.803. The summed E-state index contributed by atoms with van der Waals surface area (Å²) in [6.45, 7) is 8.71. The van der Waals surface area contributed by atoms with Crippen molar-refractivity contribution in [1.29, 1.82) is 0 Å². The molecule has 0 aromatic rings. The van der Waals surface area contributed by atoms with Gasteiger partial charge in [-0.15, -0.1) is 0 Å². The van der Waals surface area contributed by atoms with Crippen molar-refractivity contribution in [3.05, 3.63) is 0 Å². The summed E-state index contributed by atoms with van der Waals surface area (Å²) < 4.78 is 0. The van der Waals surface area contributed by atoms with Gasteiger partial charge >= 0.3 is 0 Å². The Kier molecular flexibility index (Phi) is 4.66. The molecule has 3 atom stereocenters. The maximum Gasteiger partial charge on any atom is 0.00925 e. The Balaban J connectivity index is 1.71. The molecule has 0 saturated carbocycles. The first kappa shape index (κ1) is 12.4. The molecule has 1 N–H and O–H groups in total. The fourth-order valence-electron chi connectivity index (χ4n) is 3.23. The molecule has 2 saturated heterocycles. The summed E-state index contributed by atoms with van der Waals surface area (Å²) >= 11 is 0. The summed E-state index contributed by atoms with van der Waals surface area (Å²) in [5.74, 6) is 0.896. The fraction of sp³-hybridized carbons (Fsp3) is 1.00. The van der Waals surface area contributed by atoms with Crippen molar-refractivity contribution in [2.24, 2.45) is 5.92 Å². The van der Waals surface area contributed by atoms with Gasteiger partial charge in [0.15, 0.2) is 0 Å². The van der Waals surface area contributed by atoms with Crippen LogP contribution in [-0.4, -0.2) is 36.6 Å². The lowest BCUT2D eigenvalue weighted by Gasteiger charge is -2.39. The SMILES string of the molecule is CC1CCCN(CCC2CCCCN2)C1C. The topological polar surface area (TPSA) is 15.3 Å². The van der Waals surface area contributed by atoms with E-state index in [1.165, 1.54) is 58.2 Å². The van der Waals surface area contributed by atoms with E-state index in [0.29, 0.717) is 0 Å². The van der Waals surface area contributed by atoms with Crippen LogP contribution in [0.1, 0.15) is 52.4 Å². The molecule has 0 radical (unpaired) electrons. The minimum absolute atomic E-state index is 0.803. The van der Waals surface area contributed by atoms with Crippen LogP contribution in [0, 0.1) is 5.92 Å². The Morgan fingerprint density at radius 3 is 2.75 bits per heavy atom. The van der Waals surface area contributed by atoms with E-state index in [4.69, 9.17) is 0 Å². The number of piperidine rings is 2. The third-order valence-corrected chi connectivity index (χ3v) is 4.68. The van der Waals surface area contributed by atoms with E-state index in [-0.39, 0.29) is 0 Å². The third-order valence-electron chi connectivity index (χ3n) is 4.68. The molecule has 0 amide bonds. The summed E-state index contributed by atoms with van der Waals surface area (Å²) in [6.07, 6.45) is 8.41. The number of likely N-dealkylation sites (tertiary alicyclic amines) is 1. The normalized spacial score (nSPS) is 37.5. The quantitative estimate of drug-likeness (QED) is 0.793. The molecule has 0 bridgehead atoms. The van der Waals surface area contributed by atoms with Crippen molar-refractivity contribution in [2.75, 3.05) is 19.6 Å². The van der Waals surface area contributed by atoms with Crippen LogP contribution in [0.15, 0.2) is 0 Å². The molecule has 2 rings (SSSR count). The van der Waals surface area contributed by atoms with Crippen molar-refractivity contribution < 1.29 is 0 Å². The van der Waals surface area contributed by atoms with E-state index in [9.17, 15) is 0 Å². The molecule has 2 aliphatic heterocycles. The van der Waals surface area contributed by atoms with Gasteiger partial charge in [-0.3, -0.25) is 0 Å². The summed E-state index contributed by atoms with van der Waals surface area (Å²) in [5, 5.41) is 3.66. The lowest BCUT2D eigenvalue weighted by molar-refractivity contribution is 0.107. The van der Waals surface area contributed by atoms with Crippen LogP contribution in [0.2, 0.25) is 0 Å².